The van der Waals surface area contributed by atoms with Gasteiger partial charge in [-0.3, -0.25) is 0 Å². The number of para-hydroxylation sites is 1. The number of nitrogens with one attached hydrogen (secondary N) is 1. The van der Waals surface area contributed by atoms with E-state index in [1.165, 1.54) is 16.9 Å². The summed E-state index contributed by atoms with van der Waals surface area (Å²) in [5.74, 6) is -1.02. The Morgan fingerprint density at radius 3 is 2.73 bits per heavy atom. The highest BCUT2D eigenvalue weighted by atomic mass is 16.4. The van der Waals surface area contributed by atoms with Crippen LogP contribution in [0.1, 0.15) is 21.5 Å². The molecule has 108 valence electrons. The third kappa shape index (κ3) is 2.15. The average Bonchev–Trinajstić information content (AvgIpc) is 2.86. The van der Waals surface area contributed by atoms with Crippen molar-refractivity contribution < 1.29 is 9.90 Å². The zero-order valence-electron chi connectivity index (χ0n) is 11.7. The number of hydrogen-bond donors (Lipinski definition) is 2. The van der Waals surface area contributed by atoms with E-state index in [0.717, 1.165) is 5.69 Å². The fourth-order valence-corrected chi connectivity index (χ4v) is 2.38. The molecular formula is C16H12N4O2. The molecule has 0 unspecified atom stereocenters. The second-order valence-electron chi connectivity index (χ2n) is 4.80. The highest BCUT2D eigenvalue weighted by Gasteiger charge is 2.18. The van der Waals surface area contributed by atoms with Crippen molar-refractivity contribution in [1.82, 2.24) is 9.61 Å². The summed E-state index contributed by atoms with van der Waals surface area (Å²) < 4.78 is 1.48. The number of nitrogens with zero attached hydrogens (tertiary/aromatic N) is 3. The van der Waals surface area contributed by atoms with Gasteiger partial charge in [0.25, 0.3) is 0 Å². The van der Waals surface area contributed by atoms with Gasteiger partial charge in [-0.15, -0.1) is 0 Å². The minimum Gasteiger partial charge on any atom is -0.478 e. The molecule has 6 heteroatoms. The van der Waals surface area contributed by atoms with Gasteiger partial charge in [-0.1, -0.05) is 18.2 Å². The Bertz CT molecular complexity index is 907. The molecule has 6 nitrogen and oxygen atoms in total. The van der Waals surface area contributed by atoms with Crippen LogP contribution in [-0.4, -0.2) is 20.7 Å². The van der Waals surface area contributed by atoms with Crippen molar-refractivity contribution >= 4 is 22.9 Å². The maximum Gasteiger partial charge on any atom is 0.337 e. The summed E-state index contributed by atoms with van der Waals surface area (Å²) in [6, 6.07) is 11.5. The van der Waals surface area contributed by atoms with Crippen LogP contribution in [0.3, 0.4) is 0 Å². The van der Waals surface area contributed by atoms with Crippen LogP contribution in [0, 0.1) is 18.3 Å². The zero-order chi connectivity index (χ0) is 15.7. The van der Waals surface area contributed by atoms with Crippen LogP contribution >= 0.6 is 0 Å². The lowest BCUT2D eigenvalue weighted by molar-refractivity contribution is 0.0696. The van der Waals surface area contributed by atoms with Crippen molar-refractivity contribution in [2.24, 2.45) is 0 Å². The molecule has 3 rings (SSSR count). The Labute approximate surface area is 126 Å². The van der Waals surface area contributed by atoms with Crippen LogP contribution in [0.5, 0.6) is 0 Å². The number of rotatable bonds is 3. The number of carboxylic acid groups (broad SMARTS) is 1. The second-order valence-corrected chi connectivity index (χ2v) is 4.80. The number of aryl methyl sites for hydroxylation is 1. The number of anilines is 2. The van der Waals surface area contributed by atoms with Crippen LogP contribution in [0.25, 0.3) is 5.52 Å². The predicted molar refractivity (Wildman–Crippen MR) is 81.3 cm³/mol. The Kier molecular flexibility index (Phi) is 3.24. The Morgan fingerprint density at radius 2 is 2.09 bits per heavy atom. The molecule has 0 radical (unpaired) electrons. The first kappa shape index (κ1) is 13.6. The van der Waals surface area contributed by atoms with Crippen molar-refractivity contribution in [2.45, 2.75) is 6.92 Å². The van der Waals surface area contributed by atoms with E-state index in [0.29, 0.717) is 22.3 Å². The van der Waals surface area contributed by atoms with Crippen molar-refractivity contribution in [2.75, 3.05) is 5.32 Å². The molecule has 0 spiro atoms. The van der Waals surface area contributed by atoms with Gasteiger partial charge in [-0.05, 0) is 24.6 Å². The summed E-state index contributed by atoms with van der Waals surface area (Å²) in [7, 11) is 0. The van der Waals surface area contributed by atoms with E-state index in [4.69, 9.17) is 0 Å². The fourth-order valence-electron chi connectivity index (χ4n) is 2.38. The largest absolute Gasteiger partial charge is 0.478 e. The summed E-state index contributed by atoms with van der Waals surface area (Å²) in [6.07, 6.45) is 2.87. The molecule has 0 bridgehead atoms. The van der Waals surface area contributed by atoms with Crippen molar-refractivity contribution in [3.05, 3.63) is 59.4 Å². The van der Waals surface area contributed by atoms with Gasteiger partial charge in [0.15, 0.2) is 0 Å². The van der Waals surface area contributed by atoms with E-state index in [2.05, 4.69) is 16.5 Å². The molecular weight excluding hydrogens is 280 g/mol. The lowest BCUT2D eigenvalue weighted by atomic mass is 10.1. The normalized spacial score (nSPS) is 10.4. The van der Waals surface area contributed by atoms with Crippen LogP contribution in [0.2, 0.25) is 0 Å². The Balaban J connectivity index is 2.26. The van der Waals surface area contributed by atoms with Gasteiger partial charge in [0.05, 0.1) is 28.5 Å². The van der Waals surface area contributed by atoms with Crippen molar-refractivity contribution in [3.63, 3.8) is 0 Å². The SMILES string of the molecule is Cc1c(C(=O)O)cn2ncc(C#N)c(Nc3ccccc3)c12. The number of fused-ring (bicyclic) bond motifs is 1. The third-order valence-corrected chi connectivity index (χ3v) is 3.45. The number of benzene rings is 1. The molecule has 22 heavy (non-hydrogen) atoms. The second kappa shape index (κ2) is 5.22. The quantitative estimate of drug-likeness (QED) is 0.774. The van der Waals surface area contributed by atoms with E-state index in [1.54, 1.807) is 6.92 Å². The van der Waals surface area contributed by atoms with Gasteiger partial charge in [-0.25, -0.2) is 9.31 Å². The van der Waals surface area contributed by atoms with Crippen LogP contribution in [0.4, 0.5) is 11.4 Å². The van der Waals surface area contributed by atoms with Gasteiger partial charge in [-0.2, -0.15) is 10.4 Å². The molecule has 0 aliphatic rings. The van der Waals surface area contributed by atoms with Gasteiger partial charge in [0, 0.05) is 11.9 Å². The maximum absolute atomic E-state index is 11.3. The fraction of sp³-hybridized carbons (Fsp3) is 0.0625. The first-order chi connectivity index (χ1) is 10.6. The van der Waals surface area contributed by atoms with Crippen LogP contribution in [-0.2, 0) is 0 Å². The molecule has 2 aromatic heterocycles. The molecule has 3 aromatic rings. The topological polar surface area (TPSA) is 90.4 Å². The summed E-state index contributed by atoms with van der Waals surface area (Å²) in [6.45, 7) is 1.71. The van der Waals surface area contributed by atoms with E-state index in [-0.39, 0.29) is 5.56 Å². The monoisotopic (exact) mass is 292 g/mol. The van der Waals surface area contributed by atoms with Crippen molar-refractivity contribution in [3.8, 4) is 6.07 Å². The lowest BCUT2D eigenvalue weighted by Gasteiger charge is -2.10. The number of carboxylic acids is 1. The minimum absolute atomic E-state index is 0.165. The maximum atomic E-state index is 11.3. The Hall–Kier alpha value is -3.33. The van der Waals surface area contributed by atoms with E-state index in [1.807, 2.05) is 30.3 Å². The highest BCUT2D eigenvalue weighted by molar-refractivity contribution is 5.96. The van der Waals surface area contributed by atoms with E-state index >= 15 is 0 Å². The van der Waals surface area contributed by atoms with Crippen LogP contribution in [0.15, 0.2) is 42.7 Å². The lowest BCUT2D eigenvalue weighted by Crippen LogP contribution is -2.00. The molecule has 2 heterocycles. The molecule has 0 saturated heterocycles. The highest BCUT2D eigenvalue weighted by Crippen LogP contribution is 2.29. The predicted octanol–water partition coefficient (Wildman–Crippen LogP) is 2.96. The molecule has 1 aromatic carbocycles. The van der Waals surface area contributed by atoms with Gasteiger partial charge in [0.2, 0.25) is 0 Å². The minimum atomic E-state index is -1.02. The summed E-state index contributed by atoms with van der Waals surface area (Å²) in [5, 5.41) is 25.8. The van der Waals surface area contributed by atoms with E-state index < -0.39 is 5.97 Å². The smallest absolute Gasteiger partial charge is 0.337 e. The number of aromatic carboxylic acids is 1. The summed E-state index contributed by atoms with van der Waals surface area (Å²) in [4.78, 5) is 11.3. The average molecular weight is 292 g/mol. The molecule has 0 amide bonds. The molecule has 0 fully saturated rings. The first-order valence-electron chi connectivity index (χ1n) is 6.58. The Morgan fingerprint density at radius 1 is 1.36 bits per heavy atom. The molecule has 0 aliphatic heterocycles. The molecule has 2 N–H and O–H groups in total. The van der Waals surface area contributed by atoms with Crippen molar-refractivity contribution in [1.29, 1.82) is 5.26 Å². The zero-order valence-corrected chi connectivity index (χ0v) is 11.7. The number of nitriles is 1. The summed E-state index contributed by atoms with van der Waals surface area (Å²) >= 11 is 0. The van der Waals surface area contributed by atoms with E-state index in [9.17, 15) is 15.2 Å². The molecule has 0 atom stereocenters. The number of aromatic nitrogens is 2. The number of hydrogen-bond acceptors (Lipinski definition) is 4. The first-order valence-corrected chi connectivity index (χ1v) is 6.58. The van der Waals surface area contributed by atoms with Gasteiger partial charge >= 0.3 is 5.97 Å². The molecule has 0 saturated carbocycles. The van der Waals surface area contributed by atoms with Crippen LogP contribution < -0.4 is 5.32 Å². The standard InChI is InChI=1S/C16H12N4O2/c1-10-13(16(21)22)9-20-15(10)14(11(7-17)8-18-20)19-12-5-3-2-4-6-12/h2-6,8-9,19H,1H3,(H,21,22). The third-order valence-electron chi connectivity index (χ3n) is 3.45. The van der Waals surface area contributed by atoms with Gasteiger partial charge < -0.3 is 10.4 Å². The van der Waals surface area contributed by atoms with Gasteiger partial charge in [0.1, 0.15) is 6.07 Å². The summed E-state index contributed by atoms with van der Waals surface area (Å²) in [5.41, 5.74) is 3.03. The number of carbonyl (C=O) groups is 1. The molecule has 0 aliphatic carbocycles.